The number of fused-ring (bicyclic) bond motifs is 1. The third-order valence-corrected chi connectivity index (χ3v) is 7.70. The lowest BCUT2D eigenvalue weighted by molar-refractivity contribution is 0.00689. The Balaban J connectivity index is 1.80. The van der Waals surface area contributed by atoms with E-state index in [9.17, 15) is 9.59 Å². The van der Waals surface area contributed by atoms with Crippen LogP contribution in [0.5, 0.6) is 0 Å². The van der Waals surface area contributed by atoms with Crippen molar-refractivity contribution in [2.24, 2.45) is 0 Å². The molecule has 1 amide bonds. The molecule has 4 aromatic rings. The zero-order valence-corrected chi connectivity index (χ0v) is 23.6. The molecule has 198 valence electrons. The van der Waals surface area contributed by atoms with E-state index >= 15 is 4.39 Å². The summed E-state index contributed by atoms with van der Waals surface area (Å²) < 4.78 is 20.4. The van der Waals surface area contributed by atoms with Crippen molar-refractivity contribution in [1.82, 2.24) is 4.98 Å². The number of halogens is 1. The highest BCUT2D eigenvalue weighted by Crippen LogP contribution is 2.46. The maximum absolute atomic E-state index is 15.1. The predicted molar refractivity (Wildman–Crippen MR) is 155 cm³/mol. The molecule has 5 nitrogen and oxygen atoms in total. The van der Waals surface area contributed by atoms with Gasteiger partial charge in [0.2, 0.25) is 0 Å². The Kier molecular flexibility index (Phi) is 7.35. The number of nitrogens with one attached hydrogen (secondary N) is 1. The van der Waals surface area contributed by atoms with Gasteiger partial charge in [-0.1, -0.05) is 30.3 Å². The van der Waals surface area contributed by atoms with Crippen LogP contribution in [-0.4, -0.2) is 41.2 Å². The van der Waals surface area contributed by atoms with Crippen LogP contribution in [0.25, 0.3) is 22.2 Å². The zero-order chi connectivity index (χ0) is 27.8. The fourth-order valence-electron chi connectivity index (χ4n) is 4.15. The van der Waals surface area contributed by atoms with Gasteiger partial charge in [-0.25, -0.2) is 24.2 Å². The average molecular weight is 533 g/mol. The fraction of sp³-hybridized carbons (Fsp3) is 0.258. The van der Waals surface area contributed by atoms with Crippen LogP contribution in [0.1, 0.15) is 47.1 Å². The minimum atomic E-state index is -1.07. The lowest BCUT2D eigenvalue weighted by Crippen LogP contribution is -2.24. The molecule has 1 aromatic heterocycles. The van der Waals surface area contributed by atoms with Gasteiger partial charge in [-0.2, -0.15) is 0 Å². The van der Waals surface area contributed by atoms with Gasteiger partial charge in [0.05, 0.1) is 28.0 Å². The largest absolute Gasteiger partial charge is 0.456 e. The SMILES string of the molecule is Cc1c(-c2ccccc2)nc2ccc(S(C)(C)C)cc2c1C(=O)Nc1ccc(C(=O)OC(C)(C)C)cc1F. The number of aromatic nitrogens is 1. The summed E-state index contributed by atoms with van der Waals surface area (Å²) in [5, 5.41) is 3.44. The quantitative estimate of drug-likeness (QED) is 0.269. The predicted octanol–water partition coefficient (Wildman–Crippen LogP) is 7.61. The second-order valence-electron chi connectivity index (χ2n) is 11.0. The third kappa shape index (κ3) is 5.89. The number of nitrogens with zero attached hydrogens (tertiary/aromatic N) is 1. The van der Waals surface area contributed by atoms with Crippen molar-refractivity contribution in [3.63, 3.8) is 0 Å². The van der Waals surface area contributed by atoms with Crippen molar-refractivity contribution in [2.45, 2.75) is 38.2 Å². The number of carbonyl (C=O) groups is 2. The zero-order valence-electron chi connectivity index (χ0n) is 22.8. The van der Waals surface area contributed by atoms with Crippen LogP contribution < -0.4 is 5.32 Å². The van der Waals surface area contributed by atoms with Gasteiger partial charge in [0.15, 0.2) is 0 Å². The number of hydrogen-bond donors (Lipinski definition) is 1. The van der Waals surface area contributed by atoms with Crippen LogP contribution in [0.3, 0.4) is 0 Å². The molecule has 0 unspecified atom stereocenters. The standard InChI is InChI=1S/C31H33FN2O3S/c1-19-27(29(35)34-26-15-13-21(17-24(26)32)30(36)37-31(2,3)4)23-18-22(38(5,6)7)14-16-25(23)33-28(19)20-11-9-8-10-12-20/h8-18H,1-7H3,(H,34,35). The Morgan fingerprint density at radius 1 is 0.947 bits per heavy atom. The number of pyridine rings is 1. The Bertz CT molecular complexity index is 1540. The minimum absolute atomic E-state index is 0.0227. The molecule has 0 aliphatic carbocycles. The van der Waals surface area contributed by atoms with E-state index in [0.29, 0.717) is 27.7 Å². The van der Waals surface area contributed by atoms with E-state index in [2.05, 4.69) is 30.2 Å². The summed E-state index contributed by atoms with van der Waals surface area (Å²) in [6.45, 7) is 7.09. The summed E-state index contributed by atoms with van der Waals surface area (Å²) in [6, 6.07) is 19.6. The molecular weight excluding hydrogens is 499 g/mol. The number of ether oxygens (including phenoxy) is 1. The van der Waals surface area contributed by atoms with Crippen molar-refractivity contribution in [3.05, 3.63) is 89.2 Å². The molecule has 38 heavy (non-hydrogen) atoms. The van der Waals surface area contributed by atoms with E-state index in [-0.39, 0.29) is 11.3 Å². The average Bonchev–Trinajstić information content (AvgIpc) is 2.83. The van der Waals surface area contributed by atoms with Crippen LogP contribution in [0, 0.1) is 12.7 Å². The van der Waals surface area contributed by atoms with E-state index in [4.69, 9.17) is 9.72 Å². The van der Waals surface area contributed by atoms with E-state index in [1.54, 1.807) is 20.8 Å². The number of carbonyl (C=O) groups excluding carboxylic acids is 2. The van der Waals surface area contributed by atoms with Gasteiger partial charge >= 0.3 is 5.97 Å². The number of amides is 1. The maximum Gasteiger partial charge on any atom is 0.338 e. The van der Waals surface area contributed by atoms with Crippen molar-refractivity contribution in [1.29, 1.82) is 0 Å². The van der Waals surface area contributed by atoms with E-state index in [0.717, 1.165) is 16.5 Å². The smallest absolute Gasteiger partial charge is 0.338 e. The monoisotopic (exact) mass is 532 g/mol. The Morgan fingerprint density at radius 3 is 2.24 bits per heavy atom. The summed E-state index contributed by atoms with van der Waals surface area (Å²) in [4.78, 5) is 32.2. The molecule has 0 radical (unpaired) electrons. The van der Waals surface area contributed by atoms with Crippen LogP contribution >= 0.6 is 10.0 Å². The summed E-state index contributed by atoms with van der Waals surface area (Å²) in [5.41, 5.74) is 2.76. The lowest BCUT2D eigenvalue weighted by atomic mass is 9.97. The summed E-state index contributed by atoms with van der Waals surface area (Å²) in [5.74, 6) is -1.80. The Morgan fingerprint density at radius 2 is 1.63 bits per heavy atom. The first-order valence-corrected chi connectivity index (χ1v) is 15.1. The van der Waals surface area contributed by atoms with Gasteiger partial charge in [-0.15, -0.1) is 0 Å². The van der Waals surface area contributed by atoms with Crippen LogP contribution in [0.15, 0.2) is 71.6 Å². The molecule has 1 heterocycles. The highest BCUT2D eigenvalue weighted by molar-refractivity contribution is 8.32. The molecule has 0 fully saturated rings. The minimum Gasteiger partial charge on any atom is -0.456 e. The molecule has 0 atom stereocenters. The summed E-state index contributed by atoms with van der Waals surface area (Å²) >= 11 is 0. The number of rotatable bonds is 5. The summed E-state index contributed by atoms with van der Waals surface area (Å²) in [6.07, 6.45) is 6.57. The molecule has 0 saturated heterocycles. The first-order chi connectivity index (χ1) is 17.7. The second-order valence-corrected chi connectivity index (χ2v) is 15.1. The third-order valence-electron chi connectivity index (χ3n) is 6.03. The van der Waals surface area contributed by atoms with Crippen molar-refractivity contribution >= 4 is 38.5 Å². The van der Waals surface area contributed by atoms with Crippen LogP contribution in [0.4, 0.5) is 10.1 Å². The molecule has 7 heteroatoms. The fourth-order valence-corrected chi connectivity index (χ4v) is 5.10. The topological polar surface area (TPSA) is 68.3 Å². The molecule has 0 spiro atoms. The first-order valence-electron chi connectivity index (χ1n) is 12.3. The highest BCUT2D eigenvalue weighted by Gasteiger charge is 2.23. The van der Waals surface area contributed by atoms with Gasteiger partial charge in [0.25, 0.3) is 5.91 Å². The molecule has 4 rings (SSSR count). The van der Waals surface area contributed by atoms with E-state index in [1.165, 1.54) is 12.1 Å². The maximum atomic E-state index is 15.1. The molecule has 0 saturated carbocycles. The van der Waals surface area contributed by atoms with Gasteiger partial charge < -0.3 is 10.1 Å². The number of benzene rings is 3. The summed E-state index contributed by atoms with van der Waals surface area (Å²) in [7, 11) is -1.07. The van der Waals surface area contributed by atoms with Crippen LogP contribution in [0.2, 0.25) is 0 Å². The van der Waals surface area contributed by atoms with Crippen molar-refractivity contribution in [2.75, 3.05) is 24.1 Å². The van der Waals surface area contributed by atoms with Gasteiger partial charge in [-0.3, -0.25) is 4.79 Å². The van der Waals surface area contributed by atoms with Gasteiger partial charge in [0.1, 0.15) is 11.4 Å². The second kappa shape index (κ2) is 10.2. The van der Waals surface area contributed by atoms with Gasteiger partial charge in [0, 0.05) is 10.9 Å². The molecule has 0 aliphatic rings. The first kappa shape index (κ1) is 27.3. The normalized spacial score (nSPS) is 12.3. The molecule has 1 N–H and O–H groups in total. The van der Waals surface area contributed by atoms with Crippen LogP contribution in [-0.2, 0) is 4.74 Å². The Hall–Kier alpha value is -3.71. The highest BCUT2D eigenvalue weighted by atomic mass is 32.3. The van der Waals surface area contributed by atoms with E-state index in [1.807, 2.05) is 49.4 Å². The van der Waals surface area contributed by atoms with E-state index < -0.39 is 33.3 Å². The van der Waals surface area contributed by atoms with Crippen molar-refractivity contribution < 1.29 is 18.7 Å². The van der Waals surface area contributed by atoms with Crippen molar-refractivity contribution in [3.8, 4) is 11.3 Å². The number of esters is 1. The molecule has 0 bridgehead atoms. The molecule has 3 aromatic carbocycles. The molecular formula is C31H33FN2O3S. The number of hydrogen-bond acceptors (Lipinski definition) is 4. The molecule has 0 aliphatic heterocycles. The number of anilines is 1. The lowest BCUT2D eigenvalue weighted by Gasteiger charge is -2.26. The Labute approximate surface area is 224 Å². The van der Waals surface area contributed by atoms with Gasteiger partial charge in [-0.05, 0) is 93.3 Å².